The van der Waals surface area contributed by atoms with Gasteiger partial charge in [-0.2, -0.15) is 4.99 Å². The Morgan fingerprint density at radius 3 is 2.34 bits per heavy atom. The number of aliphatic imine (C=N–C) groups is 3. The highest BCUT2D eigenvalue weighted by atomic mass is 15.4. The second kappa shape index (κ2) is 8.91. The molecule has 7 heteroatoms. The molecule has 3 aliphatic heterocycles. The molecule has 7 nitrogen and oxygen atoms in total. The highest BCUT2D eigenvalue weighted by Gasteiger charge is 2.31. The van der Waals surface area contributed by atoms with E-state index in [2.05, 4.69) is 77.9 Å². The van der Waals surface area contributed by atoms with Crippen molar-refractivity contribution in [2.24, 2.45) is 15.0 Å². The Balaban J connectivity index is 1.62. The van der Waals surface area contributed by atoms with E-state index >= 15 is 0 Å². The third kappa shape index (κ3) is 4.03. The first-order valence-electron chi connectivity index (χ1n) is 11.9. The van der Waals surface area contributed by atoms with Gasteiger partial charge < -0.3 is 15.5 Å². The Labute approximate surface area is 207 Å². The topological polar surface area (TPSA) is 67.6 Å². The Bertz CT molecular complexity index is 1310. The largest absolute Gasteiger partial charge is 0.388 e. The smallest absolute Gasteiger partial charge is 0.238 e. The second-order valence-corrected chi connectivity index (χ2v) is 9.22. The zero-order valence-electron chi connectivity index (χ0n) is 21.1. The molecule has 0 saturated heterocycles. The molecule has 0 saturated carbocycles. The maximum Gasteiger partial charge on any atom is 0.238 e. The molecule has 35 heavy (non-hydrogen) atoms. The summed E-state index contributed by atoms with van der Waals surface area (Å²) in [4.78, 5) is 18.9. The molecule has 0 bridgehead atoms. The molecule has 0 aromatic heterocycles. The molecule has 178 valence electrons. The average molecular weight is 466 g/mol. The summed E-state index contributed by atoms with van der Waals surface area (Å²) >= 11 is 0. The third-order valence-corrected chi connectivity index (χ3v) is 6.42. The monoisotopic (exact) mass is 465 g/mol. The molecule has 3 aliphatic rings. The van der Waals surface area contributed by atoms with Crippen LogP contribution in [0.25, 0.3) is 0 Å². The summed E-state index contributed by atoms with van der Waals surface area (Å²) in [5.41, 5.74) is 8.28. The molecule has 2 aromatic rings. The SMILES string of the molecule is CNc1cc(C(C)C)ccc1C1=NC2=NC(c3ccc(N(C)C)cc3NC)=NC3=CC=CC(=C1)N32. The molecule has 5 rings (SSSR count). The van der Waals surface area contributed by atoms with Crippen LogP contribution in [-0.2, 0) is 0 Å². The lowest BCUT2D eigenvalue weighted by molar-refractivity contribution is 0.617. The van der Waals surface area contributed by atoms with Crippen molar-refractivity contribution < 1.29 is 0 Å². The Morgan fingerprint density at radius 2 is 1.63 bits per heavy atom. The van der Waals surface area contributed by atoms with Crippen LogP contribution < -0.4 is 15.5 Å². The van der Waals surface area contributed by atoms with Crippen molar-refractivity contribution in [3.63, 3.8) is 0 Å². The van der Waals surface area contributed by atoms with Crippen LogP contribution in [0.2, 0.25) is 0 Å². The number of nitrogens with zero attached hydrogens (tertiary/aromatic N) is 5. The maximum absolute atomic E-state index is 5.01. The lowest BCUT2D eigenvalue weighted by atomic mass is 9.97. The predicted octanol–water partition coefficient (Wildman–Crippen LogP) is 5.18. The van der Waals surface area contributed by atoms with Crippen molar-refractivity contribution in [1.82, 2.24) is 4.90 Å². The zero-order valence-corrected chi connectivity index (χ0v) is 21.1. The highest BCUT2D eigenvalue weighted by Crippen LogP contribution is 2.33. The third-order valence-electron chi connectivity index (χ3n) is 6.42. The van der Waals surface area contributed by atoms with E-state index in [4.69, 9.17) is 15.0 Å². The number of hydrogen-bond acceptors (Lipinski definition) is 7. The van der Waals surface area contributed by atoms with Gasteiger partial charge in [0.1, 0.15) is 5.82 Å². The van der Waals surface area contributed by atoms with Crippen LogP contribution in [0.1, 0.15) is 36.5 Å². The Morgan fingerprint density at radius 1 is 0.886 bits per heavy atom. The molecule has 0 fully saturated rings. The fourth-order valence-corrected chi connectivity index (χ4v) is 4.39. The van der Waals surface area contributed by atoms with Gasteiger partial charge in [-0.05, 0) is 54.0 Å². The minimum atomic E-state index is 0.453. The Hall–Kier alpha value is -4.13. The van der Waals surface area contributed by atoms with E-state index in [0.29, 0.717) is 17.7 Å². The number of anilines is 3. The summed E-state index contributed by atoms with van der Waals surface area (Å²) in [5, 5.41) is 6.65. The van der Waals surface area contributed by atoms with Crippen LogP contribution in [0.5, 0.6) is 0 Å². The number of nitrogens with one attached hydrogen (secondary N) is 2. The number of guanidine groups is 1. The van der Waals surface area contributed by atoms with Gasteiger partial charge in [-0.3, -0.25) is 4.90 Å². The van der Waals surface area contributed by atoms with Gasteiger partial charge in [-0.1, -0.05) is 32.1 Å². The summed E-state index contributed by atoms with van der Waals surface area (Å²) in [6, 6.07) is 12.8. The minimum Gasteiger partial charge on any atom is -0.388 e. The normalized spacial score (nSPS) is 16.1. The van der Waals surface area contributed by atoms with Crippen molar-refractivity contribution in [3.8, 4) is 0 Å². The highest BCUT2D eigenvalue weighted by molar-refractivity contribution is 6.21. The molecular formula is C28H31N7. The van der Waals surface area contributed by atoms with Gasteiger partial charge in [-0.25, -0.2) is 9.98 Å². The van der Waals surface area contributed by atoms with E-state index < -0.39 is 0 Å². The molecule has 0 atom stereocenters. The first-order valence-corrected chi connectivity index (χ1v) is 11.9. The van der Waals surface area contributed by atoms with Gasteiger partial charge in [0.15, 0.2) is 5.84 Å². The molecule has 0 amide bonds. The van der Waals surface area contributed by atoms with E-state index in [9.17, 15) is 0 Å². The molecule has 0 unspecified atom stereocenters. The number of allylic oxidation sites excluding steroid dienone is 4. The number of amidine groups is 1. The van der Waals surface area contributed by atoms with Crippen LogP contribution in [0, 0.1) is 0 Å². The first kappa shape index (κ1) is 22.7. The summed E-state index contributed by atoms with van der Waals surface area (Å²) < 4.78 is 0. The molecule has 3 heterocycles. The van der Waals surface area contributed by atoms with E-state index in [1.54, 1.807) is 0 Å². The summed E-state index contributed by atoms with van der Waals surface area (Å²) in [5.74, 6) is 2.52. The van der Waals surface area contributed by atoms with Gasteiger partial charge in [0.05, 0.1) is 11.4 Å². The molecule has 0 radical (unpaired) electrons. The maximum atomic E-state index is 5.01. The van der Waals surface area contributed by atoms with Crippen LogP contribution in [-0.4, -0.2) is 50.6 Å². The van der Waals surface area contributed by atoms with Crippen LogP contribution in [0.4, 0.5) is 17.1 Å². The lowest BCUT2D eigenvalue weighted by Crippen LogP contribution is -2.36. The fourth-order valence-electron chi connectivity index (χ4n) is 4.39. The van der Waals surface area contributed by atoms with Gasteiger partial charge >= 0.3 is 0 Å². The summed E-state index contributed by atoms with van der Waals surface area (Å²) in [6.45, 7) is 4.41. The lowest BCUT2D eigenvalue weighted by Gasteiger charge is -2.33. The molecular weight excluding hydrogens is 434 g/mol. The van der Waals surface area contributed by atoms with E-state index in [1.807, 2.05) is 45.2 Å². The molecule has 2 aromatic carbocycles. The van der Waals surface area contributed by atoms with Crippen LogP contribution in [0.15, 0.2) is 87.2 Å². The summed E-state index contributed by atoms with van der Waals surface area (Å²) in [6.07, 6.45) is 8.19. The molecule has 2 N–H and O–H groups in total. The summed E-state index contributed by atoms with van der Waals surface area (Å²) in [7, 11) is 7.93. The van der Waals surface area contributed by atoms with Gasteiger partial charge in [0.2, 0.25) is 5.96 Å². The average Bonchev–Trinajstić information content (AvgIpc) is 2.87. The minimum absolute atomic E-state index is 0.453. The van der Waals surface area contributed by atoms with Gasteiger partial charge in [0.25, 0.3) is 0 Å². The zero-order chi connectivity index (χ0) is 24.7. The first-order chi connectivity index (χ1) is 16.9. The van der Waals surface area contributed by atoms with Crippen LogP contribution in [0.3, 0.4) is 0 Å². The van der Waals surface area contributed by atoms with Crippen molar-refractivity contribution in [2.75, 3.05) is 43.7 Å². The number of benzene rings is 2. The molecule has 0 spiro atoms. The van der Waals surface area contributed by atoms with Crippen molar-refractivity contribution in [1.29, 1.82) is 0 Å². The Kier molecular flexibility index (Phi) is 5.76. The van der Waals surface area contributed by atoms with Crippen molar-refractivity contribution in [3.05, 3.63) is 88.9 Å². The molecule has 0 aliphatic carbocycles. The van der Waals surface area contributed by atoms with E-state index in [0.717, 1.165) is 45.4 Å². The van der Waals surface area contributed by atoms with Crippen molar-refractivity contribution >= 4 is 34.6 Å². The van der Waals surface area contributed by atoms with Crippen LogP contribution >= 0.6 is 0 Å². The van der Waals surface area contributed by atoms with Gasteiger partial charge in [0, 0.05) is 56.4 Å². The van der Waals surface area contributed by atoms with E-state index in [-0.39, 0.29) is 0 Å². The van der Waals surface area contributed by atoms with Gasteiger partial charge in [-0.15, -0.1) is 0 Å². The predicted molar refractivity (Wildman–Crippen MR) is 148 cm³/mol. The quantitative estimate of drug-likeness (QED) is 0.617. The van der Waals surface area contributed by atoms with E-state index in [1.165, 1.54) is 5.56 Å². The second-order valence-electron chi connectivity index (χ2n) is 9.22. The number of hydrogen-bond donors (Lipinski definition) is 2. The van der Waals surface area contributed by atoms with Crippen molar-refractivity contribution in [2.45, 2.75) is 19.8 Å². The standard InChI is InChI=1S/C28H31N7/c1-17(2)18-10-12-21(23(14-18)29-3)25-16-20-8-7-9-26-32-27(33-28(31-25)35(20)26)22-13-11-19(34(5)6)15-24(22)30-4/h7-17,29-30H,1-6H3. The fraction of sp³-hybridized carbons (Fsp3) is 0.250. The number of rotatable bonds is 6.